The van der Waals surface area contributed by atoms with Gasteiger partial charge in [-0.2, -0.15) is 0 Å². The van der Waals surface area contributed by atoms with Gasteiger partial charge in [0.05, 0.1) is 7.11 Å². The van der Waals surface area contributed by atoms with Crippen LogP contribution in [-0.2, 0) is 4.79 Å². The van der Waals surface area contributed by atoms with Crippen LogP contribution in [0.25, 0.3) is 0 Å². The van der Waals surface area contributed by atoms with E-state index in [1.165, 1.54) is 5.56 Å². The second-order valence-electron chi connectivity index (χ2n) is 5.22. The number of hydrogen-bond acceptors (Lipinski definition) is 3. The molecule has 0 heterocycles. The van der Waals surface area contributed by atoms with Gasteiger partial charge in [-0.3, -0.25) is 4.79 Å². The lowest BCUT2D eigenvalue weighted by atomic mass is 10.1. The van der Waals surface area contributed by atoms with E-state index < -0.39 is 6.10 Å². The van der Waals surface area contributed by atoms with Crippen LogP contribution < -0.4 is 14.8 Å². The summed E-state index contributed by atoms with van der Waals surface area (Å²) in [5, 5.41) is 2.82. The van der Waals surface area contributed by atoms with Crippen molar-refractivity contribution < 1.29 is 14.3 Å². The SMILES string of the molecule is COc1ccc(NC(=O)[C@H](C)Oc2ccc(C)c(C)c2)cc1. The molecule has 0 saturated heterocycles. The standard InChI is InChI=1S/C18H21NO3/c1-12-5-8-17(11-13(12)2)22-14(3)18(20)19-15-6-9-16(21-4)10-7-15/h5-11,14H,1-4H3,(H,19,20)/t14-/m0/s1. The normalized spacial score (nSPS) is 11.6. The first kappa shape index (κ1) is 15.9. The van der Waals surface area contributed by atoms with E-state index in [1.807, 2.05) is 32.0 Å². The largest absolute Gasteiger partial charge is 0.497 e. The van der Waals surface area contributed by atoms with Crippen LogP contribution in [0.1, 0.15) is 18.1 Å². The highest BCUT2D eigenvalue weighted by atomic mass is 16.5. The van der Waals surface area contributed by atoms with Gasteiger partial charge in [0.2, 0.25) is 0 Å². The highest BCUT2D eigenvalue weighted by Crippen LogP contribution is 2.19. The molecule has 0 radical (unpaired) electrons. The molecule has 2 rings (SSSR count). The van der Waals surface area contributed by atoms with E-state index in [2.05, 4.69) is 5.32 Å². The molecule has 2 aromatic carbocycles. The molecule has 1 atom stereocenters. The van der Waals surface area contributed by atoms with Gasteiger partial charge >= 0.3 is 0 Å². The number of carbonyl (C=O) groups excluding carboxylic acids is 1. The van der Waals surface area contributed by atoms with Crippen molar-refractivity contribution in [2.24, 2.45) is 0 Å². The van der Waals surface area contributed by atoms with Crippen molar-refractivity contribution >= 4 is 11.6 Å². The summed E-state index contributed by atoms with van der Waals surface area (Å²) < 4.78 is 10.8. The number of benzene rings is 2. The van der Waals surface area contributed by atoms with Crippen molar-refractivity contribution in [3.8, 4) is 11.5 Å². The van der Waals surface area contributed by atoms with Crippen LogP contribution >= 0.6 is 0 Å². The zero-order chi connectivity index (χ0) is 16.1. The smallest absolute Gasteiger partial charge is 0.265 e. The summed E-state index contributed by atoms with van der Waals surface area (Å²) in [6, 6.07) is 13.0. The van der Waals surface area contributed by atoms with Crippen molar-refractivity contribution in [3.63, 3.8) is 0 Å². The molecule has 4 heteroatoms. The quantitative estimate of drug-likeness (QED) is 0.915. The molecule has 0 aliphatic rings. The highest BCUT2D eigenvalue weighted by molar-refractivity contribution is 5.94. The fraction of sp³-hybridized carbons (Fsp3) is 0.278. The molecule has 0 fully saturated rings. The van der Waals surface area contributed by atoms with Crippen molar-refractivity contribution in [1.82, 2.24) is 0 Å². The van der Waals surface area contributed by atoms with Gasteiger partial charge in [-0.15, -0.1) is 0 Å². The summed E-state index contributed by atoms with van der Waals surface area (Å²) in [5.41, 5.74) is 3.05. The maximum Gasteiger partial charge on any atom is 0.265 e. The molecule has 116 valence electrons. The summed E-state index contributed by atoms with van der Waals surface area (Å²) in [7, 11) is 1.60. The summed E-state index contributed by atoms with van der Waals surface area (Å²) in [6.07, 6.45) is -0.579. The molecule has 2 aromatic rings. The molecule has 0 aromatic heterocycles. The second kappa shape index (κ2) is 6.98. The first-order chi connectivity index (χ1) is 10.5. The van der Waals surface area contributed by atoms with Crippen molar-refractivity contribution in [3.05, 3.63) is 53.6 Å². The van der Waals surface area contributed by atoms with Gasteiger partial charge in [-0.25, -0.2) is 0 Å². The van der Waals surface area contributed by atoms with Crippen molar-refractivity contribution in [2.75, 3.05) is 12.4 Å². The summed E-state index contributed by atoms with van der Waals surface area (Å²) in [5.74, 6) is 1.25. The summed E-state index contributed by atoms with van der Waals surface area (Å²) in [4.78, 5) is 12.2. The molecule has 22 heavy (non-hydrogen) atoms. The van der Waals surface area contributed by atoms with E-state index in [0.29, 0.717) is 11.4 Å². The third-order valence-electron chi connectivity index (χ3n) is 3.52. The average Bonchev–Trinajstić information content (AvgIpc) is 2.51. The average molecular weight is 299 g/mol. The van der Waals surface area contributed by atoms with E-state index in [1.54, 1.807) is 38.3 Å². The van der Waals surface area contributed by atoms with Gasteiger partial charge in [-0.1, -0.05) is 6.07 Å². The Kier molecular flexibility index (Phi) is 5.04. The van der Waals surface area contributed by atoms with Gasteiger partial charge in [0, 0.05) is 5.69 Å². The Hall–Kier alpha value is -2.49. The molecule has 0 unspecified atom stereocenters. The Balaban J connectivity index is 1.97. The third-order valence-corrected chi connectivity index (χ3v) is 3.52. The number of methoxy groups -OCH3 is 1. The minimum absolute atomic E-state index is 0.191. The van der Waals surface area contributed by atoms with Crippen LogP contribution in [0.4, 0.5) is 5.69 Å². The maximum atomic E-state index is 12.2. The Labute approximate surface area is 131 Å². The molecule has 4 nitrogen and oxygen atoms in total. The molecule has 1 N–H and O–H groups in total. The number of ether oxygens (including phenoxy) is 2. The number of rotatable bonds is 5. The molecule has 1 amide bonds. The lowest BCUT2D eigenvalue weighted by molar-refractivity contribution is -0.122. The first-order valence-electron chi connectivity index (χ1n) is 7.18. The van der Waals surface area contributed by atoms with Crippen LogP contribution in [0, 0.1) is 13.8 Å². The summed E-state index contributed by atoms with van der Waals surface area (Å²) >= 11 is 0. The predicted octanol–water partition coefficient (Wildman–Crippen LogP) is 3.72. The molecular formula is C18H21NO3. The van der Waals surface area contributed by atoms with Crippen LogP contribution in [-0.4, -0.2) is 19.1 Å². The Morgan fingerprint density at radius 2 is 1.64 bits per heavy atom. The third kappa shape index (κ3) is 4.01. The minimum Gasteiger partial charge on any atom is -0.497 e. The maximum absolute atomic E-state index is 12.2. The zero-order valence-corrected chi connectivity index (χ0v) is 13.3. The van der Waals surface area contributed by atoms with E-state index in [0.717, 1.165) is 11.3 Å². The minimum atomic E-state index is -0.579. The molecule has 0 bridgehead atoms. The topological polar surface area (TPSA) is 47.6 Å². The van der Waals surface area contributed by atoms with E-state index in [9.17, 15) is 4.79 Å². The molecular weight excluding hydrogens is 278 g/mol. The predicted molar refractivity (Wildman–Crippen MR) is 87.6 cm³/mol. The Morgan fingerprint density at radius 1 is 1.00 bits per heavy atom. The lowest BCUT2D eigenvalue weighted by Crippen LogP contribution is -2.30. The molecule has 0 aliphatic heterocycles. The number of amides is 1. The highest BCUT2D eigenvalue weighted by Gasteiger charge is 2.15. The Morgan fingerprint density at radius 3 is 2.23 bits per heavy atom. The number of hydrogen-bond donors (Lipinski definition) is 1. The number of carbonyl (C=O) groups is 1. The number of nitrogens with one attached hydrogen (secondary N) is 1. The first-order valence-corrected chi connectivity index (χ1v) is 7.18. The number of anilines is 1. The summed E-state index contributed by atoms with van der Waals surface area (Å²) in [6.45, 7) is 5.79. The van der Waals surface area contributed by atoms with Gasteiger partial charge in [-0.05, 0) is 68.3 Å². The van der Waals surface area contributed by atoms with E-state index in [-0.39, 0.29) is 5.91 Å². The fourth-order valence-electron chi connectivity index (χ4n) is 1.96. The van der Waals surface area contributed by atoms with Gasteiger partial charge in [0.15, 0.2) is 6.10 Å². The van der Waals surface area contributed by atoms with Crippen LogP contribution in [0.5, 0.6) is 11.5 Å². The molecule has 0 saturated carbocycles. The molecule has 0 aliphatic carbocycles. The van der Waals surface area contributed by atoms with E-state index in [4.69, 9.17) is 9.47 Å². The lowest BCUT2D eigenvalue weighted by Gasteiger charge is -2.15. The van der Waals surface area contributed by atoms with Crippen LogP contribution in [0.15, 0.2) is 42.5 Å². The van der Waals surface area contributed by atoms with Crippen LogP contribution in [0.3, 0.4) is 0 Å². The second-order valence-corrected chi connectivity index (χ2v) is 5.22. The van der Waals surface area contributed by atoms with Crippen molar-refractivity contribution in [2.45, 2.75) is 26.9 Å². The fourth-order valence-corrected chi connectivity index (χ4v) is 1.96. The van der Waals surface area contributed by atoms with Crippen molar-refractivity contribution in [1.29, 1.82) is 0 Å². The zero-order valence-electron chi connectivity index (χ0n) is 13.3. The van der Waals surface area contributed by atoms with Gasteiger partial charge in [0.1, 0.15) is 11.5 Å². The Bertz CT molecular complexity index is 650. The van der Waals surface area contributed by atoms with Crippen LogP contribution in [0.2, 0.25) is 0 Å². The van der Waals surface area contributed by atoms with Gasteiger partial charge in [0.25, 0.3) is 5.91 Å². The monoisotopic (exact) mass is 299 g/mol. The number of aryl methyl sites for hydroxylation is 2. The molecule has 0 spiro atoms. The van der Waals surface area contributed by atoms with E-state index >= 15 is 0 Å². The van der Waals surface area contributed by atoms with Gasteiger partial charge < -0.3 is 14.8 Å².